The van der Waals surface area contributed by atoms with Gasteiger partial charge in [-0.3, -0.25) is 0 Å². The van der Waals surface area contributed by atoms with Gasteiger partial charge in [-0.05, 0) is 38.8 Å². The Balaban J connectivity index is 2.47. The minimum atomic E-state index is -3.60. The number of sulfonamides is 1. The van der Waals surface area contributed by atoms with Gasteiger partial charge < -0.3 is 4.42 Å². The van der Waals surface area contributed by atoms with Crippen LogP contribution >= 0.6 is 0 Å². The molecule has 22 heavy (non-hydrogen) atoms. The van der Waals surface area contributed by atoms with Crippen LogP contribution in [-0.2, 0) is 10.0 Å². The molecule has 1 aromatic heterocycles. The Morgan fingerprint density at radius 2 is 1.95 bits per heavy atom. The highest BCUT2D eigenvalue weighted by Crippen LogP contribution is 2.26. The molecule has 120 valence electrons. The lowest BCUT2D eigenvalue weighted by molar-refractivity contribution is 0.439. The summed E-state index contributed by atoms with van der Waals surface area (Å²) in [6.45, 7) is 9.21. The Hall–Kier alpha value is -1.66. The number of hydrogen-bond acceptors (Lipinski definition) is 4. The lowest BCUT2D eigenvalue weighted by Crippen LogP contribution is -2.42. The number of oxazole rings is 1. The van der Waals surface area contributed by atoms with Crippen LogP contribution in [0.15, 0.2) is 33.7 Å². The van der Waals surface area contributed by atoms with Gasteiger partial charge in [0.15, 0.2) is 11.7 Å². The van der Waals surface area contributed by atoms with Crippen molar-refractivity contribution in [3.8, 4) is 11.3 Å². The van der Waals surface area contributed by atoms with Crippen LogP contribution in [0.3, 0.4) is 0 Å². The first-order valence-electron chi connectivity index (χ1n) is 7.22. The van der Waals surface area contributed by atoms with Crippen molar-refractivity contribution in [3.63, 3.8) is 0 Å². The van der Waals surface area contributed by atoms with Crippen molar-refractivity contribution in [1.82, 2.24) is 9.71 Å². The molecule has 0 aliphatic carbocycles. The molecule has 1 aromatic carbocycles. The van der Waals surface area contributed by atoms with Gasteiger partial charge in [-0.1, -0.05) is 19.1 Å². The van der Waals surface area contributed by atoms with Crippen molar-refractivity contribution in [2.24, 2.45) is 0 Å². The molecular weight excluding hydrogens is 300 g/mol. The molecule has 0 saturated carbocycles. The van der Waals surface area contributed by atoms with Gasteiger partial charge in [-0.25, -0.2) is 18.1 Å². The van der Waals surface area contributed by atoms with E-state index in [0.29, 0.717) is 29.2 Å². The van der Waals surface area contributed by atoms with Crippen molar-refractivity contribution < 1.29 is 12.8 Å². The summed E-state index contributed by atoms with van der Waals surface area (Å²) < 4.78 is 33.5. The van der Waals surface area contributed by atoms with Gasteiger partial charge in [-0.15, -0.1) is 0 Å². The second-order valence-electron chi connectivity index (χ2n) is 6.07. The highest BCUT2D eigenvalue weighted by Gasteiger charge is 2.26. The molecule has 6 heteroatoms. The average Bonchev–Trinajstić information content (AvgIpc) is 2.84. The second-order valence-corrected chi connectivity index (χ2v) is 7.72. The number of nitrogens with one attached hydrogen (secondary N) is 1. The van der Waals surface area contributed by atoms with Crippen LogP contribution < -0.4 is 4.72 Å². The summed E-state index contributed by atoms with van der Waals surface area (Å²) in [6, 6.07) is 5.24. The third kappa shape index (κ3) is 3.56. The van der Waals surface area contributed by atoms with E-state index >= 15 is 0 Å². The number of aromatic nitrogens is 1. The molecule has 0 fully saturated rings. The molecule has 1 N–H and O–H groups in total. The van der Waals surface area contributed by atoms with Gasteiger partial charge in [-0.2, -0.15) is 0 Å². The number of rotatable bonds is 5. The van der Waals surface area contributed by atoms with Crippen LogP contribution in [0.25, 0.3) is 11.3 Å². The van der Waals surface area contributed by atoms with Gasteiger partial charge in [0.2, 0.25) is 10.0 Å². The smallest absolute Gasteiger partial charge is 0.241 e. The summed E-state index contributed by atoms with van der Waals surface area (Å²) in [7, 11) is -3.60. The minimum absolute atomic E-state index is 0.264. The third-order valence-electron chi connectivity index (χ3n) is 3.68. The maximum atomic E-state index is 12.7. The summed E-state index contributed by atoms with van der Waals surface area (Å²) in [4.78, 5) is 4.31. The molecule has 0 bridgehead atoms. The van der Waals surface area contributed by atoms with Crippen molar-refractivity contribution >= 4 is 10.0 Å². The van der Waals surface area contributed by atoms with E-state index in [-0.39, 0.29) is 4.90 Å². The van der Waals surface area contributed by atoms with Crippen LogP contribution in [0, 0.1) is 13.8 Å². The molecule has 1 heterocycles. The zero-order chi connectivity index (χ0) is 16.5. The molecule has 2 aromatic rings. The summed E-state index contributed by atoms with van der Waals surface area (Å²) >= 11 is 0. The molecular formula is C16H22N2O3S. The summed E-state index contributed by atoms with van der Waals surface area (Å²) in [5.41, 5.74) is 0.893. The first kappa shape index (κ1) is 16.7. The number of aryl methyl sites for hydroxylation is 2. The number of nitrogens with zero attached hydrogens (tertiary/aromatic N) is 1. The van der Waals surface area contributed by atoms with Crippen LogP contribution in [0.4, 0.5) is 0 Å². The van der Waals surface area contributed by atoms with Crippen LogP contribution in [0.1, 0.15) is 38.6 Å². The van der Waals surface area contributed by atoms with E-state index in [9.17, 15) is 8.42 Å². The van der Waals surface area contributed by atoms with Crippen molar-refractivity contribution in [3.05, 3.63) is 35.9 Å². The van der Waals surface area contributed by atoms with E-state index in [1.165, 1.54) is 0 Å². The van der Waals surface area contributed by atoms with Gasteiger partial charge in [0.1, 0.15) is 0 Å². The van der Waals surface area contributed by atoms with Gasteiger partial charge in [0.25, 0.3) is 0 Å². The number of benzene rings is 1. The Bertz CT molecular complexity index is 776. The fourth-order valence-electron chi connectivity index (χ4n) is 2.03. The maximum Gasteiger partial charge on any atom is 0.241 e. The van der Waals surface area contributed by atoms with Crippen LogP contribution in [0.2, 0.25) is 0 Å². The van der Waals surface area contributed by atoms with Gasteiger partial charge in [0.05, 0.1) is 11.1 Å². The first-order chi connectivity index (χ1) is 10.1. The summed E-state index contributed by atoms with van der Waals surface area (Å²) in [5, 5.41) is 0. The Morgan fingerprint density at radius 1 is 1.27 bits per heavy atom. The van der Waals surface area contributed by atoms with Crippen LogP contribution in [-0.4, -0.2) is 18.9 Å². The predicted molar refractivity (Wildman–Crippen MR) is 86.1 cm³/mol. The Morgan fingerprint density at radius 3 is 2.50 bits per heavy atom. The SMILES string of the molecule is CCC(C)(C)NS(=O)(=O)c1cc(-c2cnc(C)o2)ccc1C. The monoisotopic (exact) mass is 322 g/mol. The lowest BCUT2D eigenvalue weighted by atomic mass is 10.0. The topological polar surface area (TPSA) is 72.2 Å². The van der Waals surface area contributed by atoms with E-state index in [4.69, 9.17) is 4.42 Å². The predicted octanol–water partition coefficient (Wildman–Crippen LogP) is 3.43. The third-order valence-corrected chi connectivity index (χ3v) is 5.52. The molecule has 5 nitrogen and oxygen atoms in total. The van der Waals surface area contributed by atoms with E-state index in [0.717, 1.165) is 0 Å². The Labute approximate surface area is 131 Å². The molecule has 2 rings (SSSR count). The zero-order valence-corrected chi connectivity index (χ0v) is 14.4. The van der Waals surface area contributed by atoms with E-state index in [1.807, 2.05) is 26.8 Å². The Kier molecular flexibility index (Phi) is 4.44. The standard InChI is InChI=1S/C16H22N2O3S/c1-6-16(4,5)18-22(19,20)15-9-13(8-7-11(15)2)14-10-17-12(3)21-14/h7-10,18H,6H2,1-5H3. The van der Waals surface area contributed by atoms with E-state index in [1.54, 1.807) is 32.2 Å². The molecule has 0 atom stereocenters. The maximum absolute atomic E-state index is 12.7. The van der Waals surface area contributed by atoms with Crippen LogP contribution in [0.5, 0.6) is 0 Å². The molecule has 0 amide bonds. The van der Waals surface area contributed by atoms with Crippen molar-refractivity contribution in [2.45, 2.75) is 51.5 Å². The highest BCUT2D eigenvalue weighted by atomic mass is 32.2. The normalized spacial score (nSPS) is 12.6. The largest absolute Gasteiger partial charge is 0.441 e. The molecule has 0 saturated heterocycles. The summed E-state index contributed by atoms with van der Waals surface area (Å²) in [6.07, 6.45) is 2.30. The molecule has 0 aliphatic rings. The first-order valence-corrected chi connectivity index (χ1v) is 8.70. The van der Waals surface area contributed by atoms with E-state index in [2.05, 4.69) is 9.71 Å². The molecule has 0 radical (unpaired) electrons. The van der Waals surface area contributed by atoms with Gasteiger partial charge >= 0.3 is 0 Å². The van der Waals surface area contributed by atoms with Gasteiger partial charge in [0, 0.05) is 18.0 Å². The second kappa shape index (κ2) is 5.85. The lowest BCUT2D eigenvalue weighted by Gasteiger charge is -2.24. The van der Waals surface area contributed by atoms with Crippen molar-refractivity contribution in [2.75, 3.05) is 0 Å². The summed E-state index contributed by atoms with van der Waals surface area (Å²) in [5.74, 6) is 1.11. The highest BCUT2D eigenvalue weighted by molar-refractivity contribution is 7.89. The number of hydrogen-bond donors (Lipinski definition) is 1. The minimum Gasteiger partial charge on any atom is -0.441 e. The van der Waals surface area contributed by atoms with E-state index < -0.39 is 15.6 Å². The molecule has 0 unspecified atom stereocenters. The van der Waals surface area contributed by atoms with Crippen molar-refractivity contribution in [1.29, 1.82) is 0 Å². The fourth-order valence-corrected chi connectivity index (χ4v) is 3.78. The molecule has 0 aliphatic heterocycles. The average molecular weight is 322 g/mol. The zero-order valence-electron chi connectivity index (χ0n) is 13.6. The quantitative estimate of drug-likeness (QED) is 0.915. The molecule has 0 spiro atoms. The fraction of sp³-hybridized carbons (Fsp3) is 0.438.